The first kappa shape index (κ1) is 21.5. The molecule has 0 saturated carbocycles. The Hall–Kier alpha value is -1.80. The number of ether oxygens (including phenoxy) is 1. The number of hydrogen-bond donors (Lipinski definition) is 1. The zero-order valence-corrected chi connectivity index (χ0v) is 18.4. The van der Waals surface area contributed by atoms with E-state index in [0.717, 1.165) is 45.4 Å². The van der Waals surface area contributed by atoms with Crippen LogP contribution in [0.5, 0.6) is 0 Å². The molecule has 0 atom stereocenters. The predicted molar refractivity (Wildman–Crippen MR) is 123 cm³/mol. The second-order valence-electron chi connectivity index (χ2n) is 6.51. The van der Waals surface area contributed by atoms with E-state index in [-0.39, 0.29) is 24.0 Å². The van der Waals surface area contributed by atoms with Crippen LogP contribution in [0.2, 0.25) is 0 Å². The van der Waals surface area contributed by atoms with Crippen molar-refractivity contribution in [1.82, 2.24) is 10.2 Å². The molecule has 3 rings (SSSR count). The largest absolute Gasteiger partial charge is 0.378 e. The number of halogens is 1. The molecule has 0 spiro atoms. The van der Waals surface area contributed by atoms with Gasteiger partial charge < -0.3 is 19.9 Å². The first-order chi connectivity index (χ1) is 12.8. The molecule has 1 aliphatic rings. The molecule has 27 heavy (non-hydrogen) atoms. The Bertz CT molecular complexity index is 700. The molecular formula is C21H29IN4O. The van der Waals surface area contributed by atoms with Gasteiger partial charge in [0.15, 0.2) is 5.96 Å². The molecule has 146 valence electrons. The third-order valence-electron chi connectivity index (χ3n) is 4.60. The van der Waals surface area contributed by atoms with Crippen molar-refractivity contribution in [3.05, 3.63) is 65.7 Å². The van der Waals surface area contributed by atoms with E-state index in [0.29, 0.717) is 0 Å². The van der Waals surface area contributed by atoms with E-state index in [9.17, 15) is 0 Å². The van der Waals surface area contributed by atoms with E-state index in [4.69, 9.17) is 4.74 Å². The molecule has 0 radical (unpaired) electrons. The van der Waals surface area contributed by atoms with Gasteiger partial charge in [-0.2, -0.15) is 0 Å². The Labute approximate surface area is 179 Å². The summed E-state index contributed by atoms with van der Waals surface area (Å²) in [6.07, 6.45) is 0. The van der Waals surface area contributed by atoms with Gasteiger partial charge in [-0.25, -0.2) is 0 Å². The fraction of sp³-hybridized carbons (Fsp3) is 0.381. The highest BCUT2D eigenvalue weighted by Crippen LogP contribution is 2.16. The number of aliphatic imine (C=N–C) groups is 1. The lowest BCUT2D eigenvalue weighted by Gasteiger charge is -2.29. The Balaban J connectivity index is 0.00000261. The van der Waals surface area contributed by atoms with Crippen LogP contribution in [0.25, 0.3) is 0 Å². The van der Waals surface area contributed by atoms with Crippen LogP contribution < -0.4 is 10.2 Å². The molecule has 2 aromatic rings. The highest BCUT2D eigenvalue weighted by Gasteiger charge is 2.11. The van der Waals surface area contributed by atoms with Gasteiger partial charge in [-0.3, -0.25) is 4.99 Å². The smallest absolute Gasteiger partial charge is 0.193 e. The molecule has 0 unspecified atom stereocenters. The summed E-state index contributed by atoms with van der Waals surface area (Å²) in [5.41, 5.74) is 3.78. The maximum absolute atomic E-state index is 5.42. The van der Waals surface area contributed by atoms with Crippen molar-refractivity contribution in [3.63, 3.8) is 0 Å². The van der Waals surface area contributed by atoms with Crippen LogP contribution in [-0.2, 0) is 17.8 Å². The topological polar surface area (TPSA) is 40.1 Å². The summed E-state index contributed by atoms with van der Waals surface area (Å²) in [7, 11) is 3.88. The van der Waals surface area contributed by atoms with Gasteiger partial charge in [0.2, 0.25) is 0 Å². The number of nitrogens with zero attached hydrogens (tertiary/aromatic N) is 3. The summed E-state index contributed by atoms with van der Waals surface area (Å²) in [6.45, 7) is 5.15. The number of hydrogen-bond acceptors (Lipinski definition) is 3. The fourth-order valence-corrected chi connectivity index (χ4v) is 3.14. The maximum atomic E-state index is 5.42. The van der Waals surface area contributed by atoms with Crippen LogP contribution in [0, 0.1) is 0 Å². The molecule has 0 amide bonds. The lowest BCUT2D eigenvalue weighted by Crippen LogP contribution is -2.38. The third-order valence-corrected chi connectivity index (χ3v) is 4.60. The van der Waals surface area contributed by atoms with E-state index in [1.54, 1.807) is 0 Å². The lowest BCUT2D eigenvalue weighted by atomic mass is 10.2. The minimum Gasteiger partial charge on any atom is -0.378 e. The van der Waals surface area contributed by atoms with Gasteiger partial charge in [0.1, 0.15) is 0 Å². The number of rotatable bonds is 5. The van der Waals surface area contributed by atoms with Crippen LogP contribution in [0.3, 0.4) is 0 Å². The third kappa shape index (κ3) is 6.39. The van der Waals surface area contributed by atoms with Crippen molar-refractivity contribution < 1.29 is 4.74 Å². The molecule has 0 bridgehead atoms. The summed E-state index contributed by atoms with van der Waals surface area (Å²) >= 11 is 0. The first-order valence-electron chi connectivity index (χ1n) is 9.13. The molecule has 6 heteroatoms. The zero-order chi connectivity index (χ0) is 18.2. The fourth-order valence-electron chi connectivity index (χ4n) is 3.14. The quantitative estimate of drug-likeness (QED) is 0.405. The first-order valence-corrected chi connectivity index (χ1v) is 9.13. The summed E-state index contributed by atoms with van der Waals surface area (Å²) < 4.78 is 5.42. The monoisotopic (exact) mass is 480 g/mol. The second kappa shape index (κ2) is 11.1. The van der Waals surface area contributed by atoms with Crippen molar-refractivity contribution in [3.8, 4) is 0 Å². The summed E-state index contributed by atoms with van der Waals surface area (Å²) in [4.78, 5) is 8.90. The van der Waals surface area contributed by atoms with Crippen molar-refractivity contribution >= 4 is 35.6 Å². The average molecular weight is 480 g/mol. The molecule has 5 nitrogen and oxygen atoms in total. The van der Waals surface area contributed by atoms with Crippen molar-refractivity contribution in [1.29, 1.82) is 0 Å². The zero-order valence-electron chi connectivity index (χ0n) is 16.1. The number of guanidine groups is 1. The average Bonchev–Trinajstić information content (AvgIpc) is 2.70. The SMILES string of the molecule is CN=C(NCc1ccc(N2CCOCC2)cc1)N(C)Cc1ccccc1.I. The predicted octanol–water partition coefficient (Wildman–Crippen LogP) is 3.35. The lowest BCUT2D eigenvalue weighted by molar-refractivity contribution is 0.122. The Kier molecular flexibility index (Phi) is 8.87. The van der Waals surface area contributed by atoms with Gasteiger partial charge >= 0.3 is 0 Å². The normalized spacial score (nSPS) is 14.4. The van der Waals surface area contributed by atoms with Crippen LogP contribution in [0.4, 0.5) is 5.69 Å². The van der Waals surface area contributed by atoms with Crippen molar-refractivity contribution in [2.24, 2.45) is 4.99 Å². The highest BCUT2D eigenvalue weighted by molar-refractivity contribution is 14.0. The van der Waals surface area contributed by atoms with Crippen molar-refractivity contribution in [2.45, 2.75) is 13.1 Å². The summed E-state index contributed by atoms with van der Waals surface area (Å²) in [5, 5.41) is 3.45. The van der Waals surface area contributed by atoms with Gasteiger partial charge in [0.25, 0.3) is 0 Å². The van der Waals surface area contributed by atoms with E-state index >= 15 is 0 Å². The van der Waals surface area contributed by atoms with Crippen LogP contribution in [0.15, 0.2) is 59.6 Å². The minimum atomic E-state index is 0. The maximum Gasteiger partial charge on any atom is 0.193 e. The summed E-state index contributed by atoms with van der Waals surface area (Å²) in [5.74, 6) is 0.895. The molecule has 1 aliphatic heterocycles. The number of anilines is 1. The van der Waals surface area contributed by atoms with Crippen LogP contribution in [-0.4, -0.2) is 51.3 Å². The van der Waals surface area contributed by atoms with Crippen molar-refractivity contribution in [2.75, 3.05) is 45.3 Å². The molecule has 1 saturated heterocycles. The minimum absolute atomic E-state index is 0. The highest BCUT2D eigenvalue weighted by atomic mass is 127. The van der Waals surface area contributed by atoms with Gasteiger partial charge in [-0.15, -0.1) is 24.0 Å². The standard InChI is InChI=1S/C21H28N4O.HI/c1-22-21(24(2)17-19-6-4-3-5-7-19)23-16-18-8-10-20(11-9-18)25-12-14-26-15-13-25;/h3-11H,12-17H2,1-2H3,(H,22,23);1H. The molecule has 2 aromatic carbocycles. The van der Waals surface area contributed by atoms with Gasteiger partial charge in [-0.05, 0) is 23.3 Å². The Morgan fingerprint density at radius 3 is 2.33 bits per heavy atom. The Morgan fingerprint density at radius 1 is 1.04 bits per heavy atom. The van der Waals surface area contributed by atoms with Gasteiger partial charge in [0.05, 0.1) is 13.2 Å². The Morgan fingerprint density at radius 2 is 1.70 bits per heavy atom. The molecule has 1 N–H and O–H groups in total. The van der Waals surface area contributed by atoms with E-state index in [1.807, 2.05) is 13.1 Å². The van der Waals surface area contributed by atoms with E-state index in [2.05, 4.69) is 75.7 Å². The molecule has 0 aliphatic carbocycles. The molecule has 1 fully saturated rings. The molecular weight excluding hydrogens is 451 g/mol. The number of morpholine rings is 1. The van der Waals surface area contributed by atoms with Crippen LogP contribution >= 0.6 is 24.0 Å². The number of nitrogens with one attached hydrogen (secondary N) is 1. The van der Waals surface area contributed by atoms with Gasteiger partial charge in [-0.1, -0.05) is 42.5 Å². The second-order valence-corrected chi connectivity index (χ2v) is 6.51. The van der Waals surface area contributed by atoms with E-state index < -0.39 is 0 Å². The van der Waals surface area contributed by atoms with Crippen LogP contribution in [0.1, 0.15) is 11.1 Å². The van der Waals surface area contributed by atoms with Gasteiger partial charge in [0, 0.05) is 46.0 Å². The molecule has 1 heterocycles. The summed E-state index contributed by atoms with van der Waals surface area (Å²) in [6, 6.07) is 19.2. The van der Waals surface area contributed by atoms with E-state index in [1.165, 1.54) is 16.8 Å². The number of benzene rings is 2. The molecule has 0 aromatic heterocycles.